The second kappa shape index (κ2) is 6.21. The number of carbonyl (C=O) groups is 1. The summed E-state index contributed by atoms with van der Waals surface area (Å²) in [4.78, 5) is 21.6. The van der Waals surface area contributed by atoms with E-state index in [4.69, 9.17) is 0 Å². The van der Waals surface area contributed by atoms with Crippen LogP contribution in [0.2, 0.25) is 0 Å². The van der Waals surface area contributed by atoms with Gasteiger partial charge in [0.1, 0.15) is 0 Å². The first kappa shape index (κ1) is 16.7. The molecule has 0 aromatic carbocycles. The van der Waals surface area contributed by atoms with Gasteiger partial charge in [0, 0.05) is 57.6 Å². The lowest BCUT2D eigenvalue weighted by Gasteiger charge is -2.46. The molecule has 2 fully saturated rings. The summed E-state index contributed by atoms with van der Waals surface area (Å²) >= 11 is 1.71. The Morgan fingerprint density at radius 1 is 1.32 bits per heavy atom. The monoisotopic (exact) mass is 359 g/mol. The summed E-state index contributed by atoms with van der Waals surface area (Å²) < 4.78 is 1.84. The Bertz CT molecular complexity index is 774. The standard InChI is InChI=1S/C18H25N5OS/c1-13-20-15(12-25-13)11-23-6-4-18(5-7-23)16(8-17(24)22(18)3)14-9-19-21(2)10-14/h9-10,12,16H,4-8,11H2,1-3H3/t16-/m1/s1. The Kier molecular flexibility index (Phi) is 4.16. The van der Waals surface area contributed by atoms with E-state index in [2.05, 4.69) is 33.5 Å². The van der Waals surface area contributed by atoms with Crippen LogP contribution < -0.4 is 0 Å². The number of aryl methyl sites for hydroxylation is 2. The Hall–Kier alpha value is -1.73. The van der Waals surface area contributed by atoms with Crippen molar-refractivity contribution in [3.8, 4) is 0 Å². The highest BCUT2D eigenvalue weighted by Crippen LogP contribution is 2.48. The van der Waals surface area contributed by atoms with Gasteiger partial charge in [0.2, 0.25) is 5.91 Å². The van der Waals surface area contributed by atoms with Gasteiger partial charge < -0.3 is 4.90 Å². The Labute approximate surface area is 152 Å². The fourth-order valence-corrected chi connectivity index (χ4v) is 5.13. The van der Waals surface area contributed by atoms with E-state index in [0.29, 0.717) is 6.42 Å². The number of nitrogens with zero attached hydrogens (tertiary/aromatic N) is 5. The number of likely N-dealkylation sites (N-methyl/N-ethyl adjacent to an activating group) is 1. The van der Waals surface area contributed by atoms with Crippen LogP contribution in [0.15, 0.2) is 17.8 Å². The molecule has 2 aromatic rings. The highest BCUT2D eigenvalue weighted by Gasteiger charge is 2.52. The minimum absolute atomic E-state index is 0.0609. The third-order valence-electron chi connectivity index (χ3n) is 5.97. The molecule has 4 rings (SSSR count). The first-order valence-corrected chi connectivity index (χ1v) is 9.74. The molecular formula is C18H25N5OS. The zero-order chi connectivity index (χ0) is 17.6. The molecule has 1 amide bonds. The van der Waals surface area contributed by atoms with E-state index in [0.717, 1.165) is 43.2 Å². The molecule has 0 N–H and O–H groups in total. The summed E-state index contributed by atoms with van der Waals surface area (Å²) in [7, 11) is 3.92. The first-order valence-electron chi connectivity index (χ1n) is 8.86. The molecule has 6 nitrogen and oxygen atoms in total. The van der Waals surface area contributed by atoms with Crippen molar-refractivity contribution in [2.45, 2.75) is 44.2 Å². The molecule has 7 heteroatoms. The highest BCUT2D eigenvalue weighted by atomic mass is 32.1. The minimum Gasteiger partial charge on any atom is -0.339 e. The zero-order valence-corrected chi connectivity index (χ0v) is 15.9. The lowest BCUT2D eigenvalue weighted by atomic mass is 9.74. The van der Waals surface area contributed by atoms with Crippen molar-refractivity contribution in [3.05, 3.63) is 34.0 Å². The molecule has 2 saturated heterocycles. The Morgan fingerprint density at radius 3 is 2.68 bits per heavy atom. The second-order valence-corrected chi connectivity index (χ2v) is 8.46. The number of hydrogen-bond acceptors (Lipinski definition) is 5. The average Bonchev–Trinajstić information content (AvgIpc) is 3.26. The molecule has 2 aromatic heterocycles. The quantitative estimate of drug-likeness (QED) is 0.843. The van der Waals surface area contributed by atoms with E-state index in [1.165, 1.54) is 5.56 Å². The molecule has 0 bridgehead atoms. The number of piperidine rings is 1. The van der Waals surface area contributed by atoms with Gasteiger partial charge in [-0.1, -0.05) is 0 Å². The summed E-state index contributed by atoms with van der Waals surface area (Å²) in [5.74, 6) is 0.514. The van der Waals surface area contributed by atoms with Gasteiger partial charge in [-0.3, -0.25) is 14.4 Å². The molecule has 25 heavy (non-hydrogen) atoms. The predicted molar refractivity (Wildman–Crippen MR) is 97.4 cm³/mol. The highest BCUT2D eigenvalue weighted by molar-refractivity contribution is 7.09. The number of amides is 1. The lowest BCUT2D eigenvalue weighted by Crippen LogP contribution is -2.53. The van der Waals surface area contributed by atoms with E-state index in [1.807, 2.05) is 29.9 Å². The number of rotatable bonds is 3. The largest absolute Gasteiger partial charge is 0.339 e. The number of carbonyl (C=O) groups excluding carboxylic acids is 1. The zero-order valence-electron chi connectivity index (χ0n) is 15.1. The van der Waals surface area contributed by atoms with Gasteiger partial charge in [-0.25, -0.2) is 4.98 Å². The predicted octanol–water partition coefficient (Wildman–Crippen LogP) is 2.17. The summed E-state index contributed by atoms with van der Waals surface area (Å²) in [6, 6.07) is 0. The van der Waals surface area contributed by atoms with Gasteiger partial charge >= 0.3 is 0 Å². The maximum atomic E-state index is 12.5. The van der Waals surface area contributed by atoms with Crippen molar-refractivity contribution in [1.82, 2.24) is 24.6 Å². The smallest absolute Gasteiger partial charge is 0.223 e. The van der Waals surface area contributed by atoms with E-state index in [-0.39, 0.29) is 17.4 Å². The topological polar surface area (TPSA) is 54.3 Å². The van der Waals surface area contributed by atoms with Crippen LogP contribution in [-0.2, 0) is 18.4 Å². The molecule has 2 aliphatic heterocycles. The van der Waals surface area contributed by atoms with Gasteiger partial charge in [0.15, 0.2) is 0 Å². The van der Waals surface area contributed by atoms with Crippen LogP contribution in [0.25, 0.3) is 0 Å². The fourth-order valence-electron chi connectivity index (χ4n) is 4.52. The Balaban J connectivity index is 1.51. The normalized spacial score (nSPS) is 23.7. The van der Waals surface area contributed by atoms with E-state index >= 15 is 0 Å². The van der Waals surface area contributed by atoms with Crippen molar-refractivity contribution in [2.24, 2.45) is 7.05 Å². The van der Waals surface area contributed by atoms with Crippen LogP contribution in [0.4, 0.5) is 0 Å². The van der Waals surface area contributed by atoms with Crippen LogP contribution in [0, 0.1) is 6.92 Å². The summed E-state index contributed by atoms with van der Waals surface area (Å²) in [5.41, 5.74) is 2.30. The first-order chi connectivity index (χ1) is 12.0. The third-order valence-corrected chi connectivity index (χ3v) is 6.79. The molecule has 4 heterocycles. The maximum absolute atomic E-state index is 12.5. The number of thiazole rings is 1. The SMILES string of the molecule is Cc1nc(CN2CCC3(CC2)[C@@H](c2cnn(C)c2)CC(=O)N3C)cs1. The van der Waals surface area contributed by atoms with E-state index < -0.39 is 0 Å². The third kappa shape index (κ3) is 2.89. The average molecular weight is 359 g/mol. The molecular weight excluding hydrogens is 334 g/mol. The molecule has 0 unspecified atom stereocenters. The maximum Gasteiger partial charge on any atom is 0.223 e. The van der Waals surface area contributed by atoms with Crippen molar-refractivity contribution < 1.29 is 4.79 Å². The molecule has 2 aliphatic rings. The van der Waals surface area contributed by atoms with Crippen LogP contribution in [0.5, 0.6) is 0 Å². The molecule has 1 spiro atoms. The molecule has 0 aliphatic carbocycles. The van der Waals surface area contributed by atoms with Gasteiger partial charge in [-0.15, -0.1) is 11.3 Å². The number of aromatic nitrogens is 3. The second-order valence-electron chi connectivity index (χ2n) is 7.39. The fraction of sp³-hybridized carbons (Fsp3) is 0.611. The summed E-state index contributed by atoms with van der Waals surface area (Å²) in [6.07, 6.45) is 6.63. The van der Waals surface area contributed by atoms with Crippen LogP contribution in [-0.4, -0.2) is 56.1 Å². The minimum atomic E-state index is -0.0609. The Morgan fingerprint density at radius 2 is 2.08 bits per heavy atom. The van der Waals surface area contributed by atoms with Crippen molar-refractivity contribution in [2.75, 3.05) is 20.1 Å². The van der Waals surface area contributed by atoms with Crippen molar-refractivity contribution in [3.63, 3.8) is 0 Å². The molecule has 134 valence electrons. The van der Waals surface area contributed by atoms with Gasteiger partial charge in [-0.2, -0.15) is 5.10 Å². The lowest BCUT2D eigenvalue weighted by molar-refractivity contribution is -0.130. The molecule has 0 saturated carbocycles. The molecule has 1 atom stereocenters. The van der Waals surface area contributed by atoms with Crippen LogP contribution in [0.1, 0.15) is 41.4 Å². The van der Waals surface area contributed by atoms with E-state index in [9.17, 15) is 4.79 Å². The van der Waals surface area contributed by atoms with Crippen LogP contribution in [0.3, 0.4) is 0 Å². The van der Waals surface area contributed by atoms with E-state index in [1.54, 1.807) is 11.3 Å². The van der Waals surface area contributed by atoms with Crippen LogP contribution >= 0.6 is 11.3 Å². The van der Waals surface area contributed by atoms with Gasteiger partial charge in [0.25, 0.3) is 0 Å². The molecule has 0 radical (unpaired) electrons. The van der Waals surface area contributed by atoms with Crippen molar-refractivity contribution in [1.29, 1.82) is 0 Å². The van der Waals surface area contributed by atoms with Crippen molar-refractivity contribution >= 4 is 17.2 Å². The summed E-state index contributed by atoms with van der Waals surface area (Å²) in [6.45, 7) is 4.97. The van der Waals surface area contributed by atoms with Gasteiger partial charge in [0.05, 0.1) is 22.4 Å². The summed E-state index contributed by atoms with van der Waals surface area (Å²) in [5, 5.41) is 7.61. The number of likely N-dealkylation sites (tertiary alicyclic amines) is 2. The number of hydrogen-bond donors (Lipinski definition) is 0. The van der Waals surface area contributed by atoms with Gasteiger partial charge in [-0.05, 0) is 25.3 Å².